The Morgan fingerprint density at radius 2 is 2.00 bits per heavy atom. The first-order valence-electron chi connectivity index (χ1n) is 6.59. The van der Waals surface area contributed by atoms with Gasteiger partial charge in [0.15, 0.2) is 11.0 Å². The van der Waals surface area contributed by atoms with Crippen molar-refractivity contribution in [3.05, 3.63) is 24.5 Å². The van der Waals surface area contributed by atoms with Crippen LogP contribution in [0.15, 0.2) is 29.7 Å². The molecule has 0 saturated heterocycles. The number of amides is 1. The van der Waals surface area contributed by atoms with Crippen molar-refractivity contribution in [1.82, 2.24) is 25.1 Å². The molecule has 2 aromatic heterocycles. The summed E-state index contributed by atoms with van der Waals surface area (Å²) < 4.78 is 38.0. The molecule has 2 aromatic rings. The second-order valence-electron chi connectivity index (χ2n) is 4.69. The minimum absolute atomic E-state index is 0.437. The van der Waals surface area contributed by atoms with Crippen molar-refractivity contribution in [2.75, 3.05) is 6.54 Å². The van der Waals surface area contributed by atoms with Gasteiger partial charge in [-0.2, -0.15) is 13.2 Å². The predicted octanol–water partition coefficient (Wildman–Crippen LogP) is 2.04. The lowest BCUT2D eigenvalue weighted by molar-refractivity contribution is -0.137. The average Bonchev–Trinajstić information content (AvgIpc) is 2.86. The number of nitrogens with one attached hydrogen (secondary N) is 1. The highest BCUT2D eigenvalue weighted by Crippen LogP contribution is 2.25. The van der Waals surface area contributed by atoms with E-state index in [1.54, 1.807) is 36.1 Å². The fourth-order valence-electron chi connectivity index (χ4n) is 1.71. The third-order valence-corrected chi connectivity index (χ3v) is 4.02. The van der Waals surface area contributed by atoms with Gasteiger partial charge in [0, 0.05) is 25.0 Å². The van der Waals surface area contributed by atoms with E-state index in [0.29, 0.717) is 11.0 Å². The summed E-state index contributed by atoms with van der Waals surface area (Å²) in [5, 5.41) is 9.57. The van der Waals surface area contributed by atoms with Crippen LogP contribution in [0.3, 0.4) is 0 Å². The van der Waals surface area contributed by atoms with Gasteiger partial charge in [0.05, 0.1) is 5.25 Å². The lowest BCUT2D eigenvalue weighted by Crippen LogP contribution is -2.38. The summed E-state index contributed by atoms with van der Waals surface area (Å²) in [5.74, 6) is -0.126. The molecule has 1 atom stereocenters. The second kappa shape index (κ2) is 6.99. The van der Waals surface area contributed by atoms with E-state index in [2.05, 4.69) is 15.2 Å². The molecule has 0 aliphatic carbocycles. The molecule has 1 amide bonds. The molecular weight excluding hydrogens is 331 g/mol. The molecule has 2 rings (SSSR count). The van der Waals surface area contributed by atoms with Gasteiger partial charge in [-0.15, -0.1) is 10.2 Å². The largest absolute Gasteiger partial charge is 0.405 e. The zero-order valence-electron chi connectivity index (χ0n) is 12.3. The summed E-state index contributed by atoms with van der Waals surface area (Å²) >= 11 is 1.04. The van der Waals surface area contributed by atoms with Gasteiger partial charge >= 0.3 is 6.18 Å². The Balaban J connectivity index is 2.03. The lowest BCUT2D eigenvalue weighted by Gasteiger charge is -2.13. The topological polar surface area (TPSA) is 72.7 Å². The van der Waals surface area contributed by atoms with Crippen molar-refractivity contribution < 1.29 is 18.0 Å². The fraction of sp³-hybridized carbons (Fsp3) is 0.385. The van der Waals surface area contributed by atoms with Crippen LogP contribution in [0, 0.1) is 0 Å². The number of carbonyl (C=O) groups excluding carboxylic acids is 1. The minimum atomic E-state index is -4.43. The van der Waals surface area contributed by atoms with E-state index in [4.69, 9.17) is 0 Å². The van der Waals surface area contributed by atoms with Crippen LogP contribution in [0.5, 0.6) is 0 Å². The molecule has 124 valence electrons. The summed E-state index contributed by atoms with van der Waals surface area (Å²) in [5.41, 5.74) is 0.802. The molecule has 2 heterocycles. The van der Waals surface area contributed by atoms with E-state index < -0.39 is 23.9 Å². The molecule has 0 radical (unpaired) electrons. The third-order valence-electron chi connectivity index (χ3n) is 2.89. The van der Waals surface area contributed by atoms with Crippen LogP contribution in [0.1, 0.15) is 6.92 Å². The molecule has 1 N–H and O–H groups in total. The second-order valence-corrected chi connectivity index (χ2v) is 6.00. The van der Waals surface area contributed by atoms with E-state index in [1.807, 2.05) is 5.32 Å². The van der Waals surface area contributed by atoms with E-state index in [1.165, 1.54) is 6.92 Å². The molecule has 23 heavy (non-hydrogen) atoms. The maximum absolute atomic E-state index is 12.1. The van der Waals surface area contributed by atoms with Crippen LogP contribution in [-0.2, 0) is 11.8 Å². The molecular formula is C13H14F3N5OS. The third kappa shape index (κ3) is 4.68. The van der Waals surface area contributed by atoms with Crippen LogP contribution >= 0.6 is 11.8 Å². The van der Waals surface area contributed by atoms with Gasteiger partial charge in [0.25, 0.3) is 0 Å². The summed E-state index contributed by atoms with van der Waals surface area (Å²) in [6, 6.07) is 3.52. The Hall–Kier alpha value is -2.10. The van der Waals surface area contributed by atoms with Crippen molar-refractivity contribution in [1.29, 1.82) is 0 Å². The van der Waals surface area contributed by atoms with Gasteiger partial charge in [0.2, 0.25) is 5.91 Å². The molecule has 6 nitrogen and oxygen atoms in total. The van der Waals surface area contributed by atoms with Crippen LogP contribution in [0.4, 0.5) is 13.2 Å². The van der Waals surface area contributed by atoms with E-state index in [-0.39, 0.29) is 0 Å². The molecule has 0 spiro atoms. The van der Waals surface area contributed by atoms with Crippen molar-refractivity contribution >= 4 is 17.7 Å². The average molecular weight is 345 g/mol. The molecule has 0 fully saturated rings. The first-order chi connectivity index (χ1) is 10.8. The highest BCUT2D eigenvalue weighted by molar-refractivity contribution is 8.00. The molecule has 10 heteroatoms. The maximum atomic E-state index is 12.1. The van der Waals surface area contributed by atoms with Crippen molar-refractivity contribution in [3.63, 3.8) is 0 Å². The van der Waals surface area contributed by atoms with Gasteiger partial charge in [-0.25, -0.2) is 0 Å². The summed E-state index contributed by atoms with van der Waals surface area (Å²) in [7, 11) is 1.72. The molecule has 0 aromatic carbocycles. The number of carbonyl (C=O) groups is 1. The predicted molar refractivity (Wildman–Crippen MR) is 78.6 cm³/mol. The standard InChI is InChI=1S/C13H14F3N5OS/c1-8(11(22)18-7-13(14,15)16)23-12-20-19-10(21(12)2)9-3-5-17-6-4-9/h3-6,8H,7H2,1-2H3,(H,18,22). The van der Waals surface area contributed by atoms with Crippen molar-refractivity contribution in [2.24, 2.45) is 7.05 Å². The maximum Gasteiger partial charge on any atom is 0.405 e. The van der Waals surface area contributed by atoms with Crippen LogP contribution < -0.4 is 5.32 Å². The first kappa shape index (κ1) is 17.3. The first-order valence-corrected chi connectivity index (χ1v) is 7.47. The quantitative estimate of drug-likeness (QED) is 0.840. The number of alkyl halides is 3. The van der Waals surface area contributed by atoms with Gasteiger partial charge < -0.3 is 9.88 Å². The molecule has 0 aliphatic rings. The number of aromatic nitrogens is 4. The Labute approximate surface area is 134 Å². The SMILES string of the molecule is CC(Sc1nnc(-c2ccncc2)n1C)C(=O)NCC(F)(F)F. The van der Waals surface area contributed by atoms with E-state index in [0.717, 1.165) is 17.3 Å². The van der Waals surface area contributed by atoms with Gasteiger partial charge in [-0.05, 0) is 19.1 Å². The highest BCUT2D eigenvalue weighted by atomic mass is 32.2. The Bertz CT molecular complexity index is 674. The van der Waals surface area contributed by atoms with Crippen LogP contribution in [0.2, 0.25) is 0 Å². The number of hydrogen-bond donors (Lipinski definition) is 1. The minimum Gasteiger partial charge on any atom is -0.346 e. The number of halogens is 3. The number of hydrogen-bond acceptors (Lipinski definition) is 5. The smallest absolute Gasteiger partial charge is 0.346 e. The van der Waals surface area contributed by atoms with E-state index >= 15 is 0 Å². The normalized spacial score (nSPS) is 12.9. The van der Waals surface area contributed by atoms with Gasteiger partial charge in [0.1, 0.15) is 6.54 Å². The van der Waals surface area contributed by atoms with Gasteiger partial charge in [-0.3, -0.25) is 9.78 Å². The zero-order chi connectivity index (χ0) is 17.0. The number of pyridine rings is 1. The van der Waals surface area contributed by atoms with E-state index in [9.17, 15) is 18.0 Å². The molecule has 0 bridgehead atoms. The number of nitrogens with zero attached hydrogens (tertiary/aromatic N) is 4. The summed E-state index contributed by atoms with van der Waals surface area (Å²) in [6.07, 6.45) is -1.20. The summed E-state index contributed by atoms with van der Waals surface area (Å²) in [4.78, 5) is 15.6. The Kier molecular flexibility index (Phi) is 5.24. The molecule has 1 unspecified atom stereocenters. The summed E-state index contributed by atoms with van der Waals surface area (Å²) in [6.45, 7) is 0.162. The van der Waals surface area contributed by atoms with Crippen LogP contribution in [0.25, 0.3) is 11.4 Å². The molecule has 0 aliphatic heterocycles. The lowest BCUT2D eigenvalue weighted by atomic mass is 10.2. The van der Waals surface area contributed by atoms with Gasteiger partial charge in [-0.1, -0.05) is 11.8 Å². The number of rotatable bonds is 5. The monoisotopic (exact) mass is 345 g/mol. The fourth-order valence-corrected chi connectivity index (χ4v) is 2.55. The Morgan fingerprint density at radius 3 is 2.61 bits per heavy atom. The molecule has 0 saturated carbocycles. The van der Waals surface area contributed by atoms with Crippen molar-refractivity contribution in [2.45, 2.75) is 23.5 Å². The zero-order valence-corrected chi connectivity index (χ0v) is 13.1. The highest BCUT2D eigenvalue weighted by Gasteiger charge is 2.29. The van der Waals surface area contributed by atoms with Crippen LogP contribution in [-0.4, -0.2) is 43.6 Å². The Morgan fingerprint density at radius 1 is 1.35 bits per heavy atom. The van der Waals surface area contributed by atoms with Crippen molar-refractivity contribution in [3.8, 4) is 11.4 Å². The number of thioether (sulfide) groups is 1.